The zero-order chi connectivity index (χ0) is 24.0. The standard InChI is InChI=1S/C32H27N3/c1-22-16-18-34-31(19-22)35-28-12-5-4-11-26(28)27-15-14-24(21-29(27)35)23-9-8-10-25(20-23)32(2,3)30-13-6-7-17-33-30/h4-21H,1-3H3. The van der Waals surface area contributed by atoms with Crippen molar-refractivity contribution in [1.29, 1.82) is 0 Å². The van der Waals surface area contributed by atoms with Gasteiger partial charge >= 0.3 is 0 Å². The summed E-state index contributed by atoms with van der Waals surface area (Å²) in [5, 5.41) is 2.47. The number of aryl methyl sites for hydroxylation is 1. The monoisotopic (exact) mass is 453 g/mol. The van der Waals surface area contributed by atoms with Gasteiger partial charge in [0.25, 0.3) is 0 Å². The first-order chi connectivity index (χ1) is 17.0. The molecule has 0 unspecified atom stereocenters. The zero-order valence-corrected chi connectivity index (χ0v) is 20.2. The Labute approximate surface area is 205 Å². The van der Waals surface area contributed by atoms with Crippen molar-refractivity contribution in [3.8, 4) is 16.9 Å². The highest BCUT2D eigenvalue weighted by molar-refractivity contribution is 6.10. The van der Waals surface area contributed by atoms with Crippen molar-refractivity contribution in [2.75, 3.05) is 0 Å². The highest BCUT2D eigenvalue weighted by Crippen LogP contribution is 2.36. The maximum atomic E-state index is 4.72. The van der Waals surface area contributed by atoms with E-state index in [1.165, 1.54) is 38.5 Å². The molecule has 0 radical (unpaired) electrons. The van der Waals surface area contributed by atoms with Crippen LogP contribution in [0.4, 0.5) is 0 Å². The Bertz CT molecular complexity index is 1680. The molecule has 3 heterocycles. The first-order valence-electron chi connectivity index (χ1n) is 12.0. The molecule has 0 saturated heterocycles. The van der Waals surface area contributed by atoms with E-state index in [2.05, 4.69) is 115 Å². The summed E-state index contributed by atoms with van der Waals surface area (Å²) in [6.07, 6.45) is 3.76. The van der Waals surface area contributed by atoms with E-state index in [0.717, 1.165) is 17.0 Å². The third-order valence-electron chi connectivity index (χ3n) is 7.03. The van der Waals surface area contributed by atoms with Gasteiger partial charge < -0.3 is 0 Å². The van der Waals surface area contributed by atoms with Crippen molar-refractivity contribution in [1.82, 2.24) is 14.5 Å². The van der Waals surface area contributed by atoms with Gasteiger partial charge in [-0.3, -0.25) is 9.55 Å². The van der Waals surface area contributed by atoms with E-state index in [4.69, 9.17) is 4.98 Å². The molecule has 3 aromatic heterocycles. The minimum Gasteiger partial charge on any atom is -0.294 e. The molecular weight excluding hydrogens is 426 g/mol. The zero-order valence-electron chi connectivity index (χ0n) is 20.2. The van der Waals surface area contributed by atoms with Crippen LogP contribution < -0.4 is 0 Å². The molecule has 0 aliphatic heterocycles. The number of benzene rings is 3. The van der Waals surface area contributed by atoms with Crippen molar-refractivity contribution < 1.29 is 0 Å². The molecule has 6 rings (SSSR count). The van der Waals surface area contributed by atoms with Gasteiger partial charge in [-0.25, -0.2) is 4.98 Å². The Morgan fingerprint density at radius 1 is 0.629 bits per heavy atom. The third kappa shape index (κ3) is 3.60. The van der Waals surface area contributed by atoms with Crippen LogP contribution in [0.1, 0.15) is 30.7 Å². The van der Waals surface area contributed by atoms with E-state index in [-0.39, 0.29) is 5.41 Å². The van der Waals surface area contributed by atoms with Crippen LogP contribution in [0, 0.1) is 6.92 Å². The summed E-state index contributed by atoms with van der Waals surface area (Å²) in [5.41, 5.74) is 8.03. The van der Waals surface area contributed by atoms with Gasteiger partial charge in [0, 0.05) is 28.6 Å². The number of hydrogen-bond acceptors (Lipinski definition) is 2. The van der Waals surface area contributed by atoms with Gasteiger partial charge in [0.05, 0.1) is 16.7 Å². The number of aromatic nitrogens is 3. The first-order valence-corrected chi connectivity index (χ1v) is 12.0. The van der Waals surface area contributed by atoms with Crippen LogP contribution in [0.3, 0.4) is 0 Å². The molecule has 0 saturated carbocycles. The van der Waals surface area contributed by atoms with Crippen LogP contribution in [-0.4, -0.2) is 14.5 Å². The fourth-order valence-electron chi connectivity index (χ4n) is 5.01. The van der Waals surface area contributed by atoms with Crippen molar-refractivity contribution in [3.05, 3.63) is 126 Å². The molecule has 35 heavy (non-hydrogen) atoms. The molecule has 0 fully saturated rings. The molecule has 0 amide bonds. The van der Waals surface area contributed by atoms with Crippen LogP contribution in [-0.2, 0) is 5.41 Å². The molecule has 0 bridgehead atoms. The first kappa shape index (κ1) is 21.3. The van der Waals surface area contributed by atoms with E-state index in [9.17, 15) is 0 Å². The van der Waals surface area contributed by atoms with Gasteiger partial charge in [0.2, 0.25) is 0 Å². The lowest BCUT2D eigenvalue weighted by Gasteiger charge is -2.25. The number of fused-ring (bicyclic) bond motifs is 3. The fourth-order valence-corrected chi connectivity index (χ4v) is 5.01. The van der Waals surface area contributed by atoms with Crippen molar-refractivity contribution >= 4 is 21.8 Å². The van der Waals surface area contributed by atoms with Gasteiger partial charge in [0.15, 0.2) is 0 Å². The predicted molar refractivity (Wildman–Crippen MR) is 145 cm³/mol. The molecule has 3 aromatic carbocycles. The second-order valence-electron chi connectivity index (χ2n) is 9.70. The lowest BCUT2D eigenvalue weighted by molar-refractivity contribution is 0.617. The summed E-state index contributed by atoms with van der Waals surface area (Å²) in [4.78, 5) is 9.36. The Morgan fingerprint density at radius 2 is 1.43 bits per heavy atom. The summed E-state index contributed by atoms with van der Waals surface area (Å²) in [6, 6.07) is 34.5. The third-order valence-corrected chi connectivity index (χ3v) is 7.03. The van der Waals surface area contributed by atoms with E-state index in [1.54, 1.807) is 0 Å². The normalized spacial score (nSPS) is 11.9. The summed E-state index contributed by atoms with van der Waals surface area (Å²) < 4.78 is 2.28. The van der Waals surface area contributed by atoms with E-state index < -0.39 is 0 Å². The quantitative estimate of drug-likeness (QED) is 0.272. The average Bonchev–Trinajstić information content (AvgIpc) is 3.23. The second-order valence-corrected chi connectivity index (χ2v) is 9.70. The van der Waals surface area contributed by atoms with Crippen molar-refractivity contribution in [3.63, 3.8) is 0 Å². The van der Waals surface area contributed by atoms with Gasteiger partial charge in [-0.05, 0) is 65.6 Å². The van der Waals surface area contributed by atoms with Crippen LogP contribution >= 0.6 is 0 Å². The van der Waals surface area contributed by atoms with E-state index >= 15 is 0 Å². The molecular formula is C32H27N3. The fraction of sp³-hybridized carbons (Fsp3) is 0.125. The maximum absolute atomic E-state index is 4.72. The highest BCUT2D eigenvalue weighted by Gasteiger charge is 2.24. The van der Waals surface area contributed by atoms with Crippen LogP contribution in [0.25, 0.3) is 38.8 Å². The SMILES string of the molecule is Cc1ccnc(-n2c3ccccc3c3ccc(-c4cccc(C(C)(C)c5ccccn5)c4)cc32)c1. The Kier molecular flexibility index (Phi) is 5.00. The lowest BCUT2D eigenvalue weighted by Crippen LogP contribution is -2.20. The Hall–Kier alpha value is -4.24. The Morgan fingerprint density at radius 3 is 2.26 bits per heavy atom. The van der Waals surface area contributed by atoms with Gasteiger partial charge in [-0.2, -0.15) is 0 Å². The number of rotatable bonds is 4. The highest BCUT2D eigenvalue weighted by atomic mass is 15.1. The van der Waals surface area contributed by atoms with Gasteiger partial charge in [-0.15, -0.1) is 0 Å². The topological polar surface area (TPSA) is 30.7 Å². The molecule has 3 nitrogen and oxygen atoms in total. The predicted octanol–water partition coefficient (Wildman–Crippen LogP) is 7.88. The number of nitrogens with zero attached hydrogens (tertiary/aromatic N) is 3. The number of pyridine rings is 2. The molecule has 3 heteroatoms. The largest absolute Gasteiger partial charge is 0.294 e. The molecule has 0 atom stereocenters. The van der Waals surface area contributed by atoms with Crippen LogP contribution in [0.15, 0.2) is 109 Å². The Balaban J connectivity index is 1.54. The summed E-state index contributed by atoms with van der Waals surface area (Å²) in [6.45, 7) is 6.58. The molecule has 0 spiro atoms. The summed E-state index contributed by atoms with van der Waals surface area (Å²) in [7, 11) is 0. The van der Waals surface area contributed by atoms with Gasteiger partial charge in [-0.1, -0.05) is 74.5 Å². The smallest absolute Gasteiger partial charge is 0.137 e. The van der Waals surface area contributed by atoms with Crippen molar-refractivity contribution in [2.45, 2.75) is 26.2 Å². The summed E-state index contributed by atoms with van der Waals surface area (Å²) >= 11 is 0. The molecule has 0 aliphatic carbocycles. The molecule has 0 aliphatic rings. The summed E-state index contributed by atoms with van der Waals surface area (Å²) in [5.74, 6) is 0.943. The minimum absolute atomic E-state index is 0.193. The number of hydrogen-bond donors (Lipinski definition) is 0. The lowest BCUT2D eigenvalue weighted by atomic mass is 9.80. The molecule has 170 valence electrons. The average molecular weight is 454 g/mol. The van der Waals surface area contributed by atoms with Crippen molar-refractivity contribution in [2.24, 2.45) is 0 Å². The molecule has 6 aromatic rings. The van der Waals surface area contributed by atoms with E-state index in [0.29, 0.717) is 0 Å². The second kappa shape index (κ2) is 8.21. The van der Waals surface area contributed by atoms with Crippen LogP contribution in [0.2, 0.25) is 0 Å². The van der Waals surface area contributed by atoms with E-state index in [1.807, 2.05) is 24.5 Å². The minimum atomic E-state index is -0.193. The van der Waals surface area contributed by atoms with Crippen LogP contribution in [0.5, 0.6) is 0 Å². The molecule has 0 N–H and O–H groups in total. The number of para-hydroxylation sites is 1. The maximum Gasteiger partial charge on any atom is 0.137 e. The van der Waals surface area contributed by atoms with Gasteiger partial charge in [0.1, 0.15) is 5.82 Å².